The van der Waals surface area contributed by atoms with Crippen molar-refractivity contribution in [3.63, 3.8) is 0 Å². The largest absolute Gasteiger partial charge is 0.399 e. The van der Waals surface area contributed by atoms with Crippen LogP contribution >= 0.6 is 0 Å². The number of nitrogens with two attached hydrogens (primary N) is 1. The van der Waals surface area contributed by atoms with E-state index >= 15 is 0 Å². The zero-order valence-corrected chi connectivity index (χ0v) is 24.5. The lowest BCUT2D eigenvalue weighted by Gasteiger charge is -2.49. The predicted octanol–water partition coefficient (Wildman–Crippen LogP) is 4.44. The third-order valence-corrected chi connectivity index (χ3v) is 11.2. The van der Waals surface area contributed by atoms with Crippen molar-refractivity contribution >= 4 is 29.1 Å². The van der Waals surface area contributed by atoms with Crippen molar-refractivity contribution in [3.8, 4) is 0 Å². The number of piperidine rings is 3. The van der Waals surface area contributed by atoms with Crippen molar-refractivity contribution in [1.29, 1.82) is 0 Å². The van der Waals surface area contributed by atoms with E-state index in [1.54, 1.807) is 4.90 Å². The summed E-state index contributed by atoms with van der Waals surface area (Å²) in [5.41, 5.74) is 11.4. The van der Waals surface area contributed by atoms with Gasteiger partial charge in [-0.25, -0.2) is 0 Å². The second-order valence-electron chi connectivity index (χ2n) is 13.4. The van der Waals surface area contributed by atoms with E-state index in [4.69, 9.17) is 5.73 Å². The van der Waals surface area contributed by atoms with Gasteiger partial charge in [-0.2, -0.15) is 0 Å². The Labute approximate surface area is 248 Å². The fraction of sp³-hybridized carbons (Fsp3) is 0.559. The topological polar surface area (TPSA) is 99.0 Å². The van der Waals surface area contributed by atoms with Crippen LogP contribution < -0.4 is 16.0 Å². The number of rotatable bonds is 4. The minimum absolute atomic E-state index is 0.0920. The van der Waals surface area contributed by atoms with Crippen LogP contribution in [0.15, 0.2) is 42.5 Å². The first-order valence-electron chi connectivity index (χ1n) is 16.0. The van der Waals surface area contributed by atoms with Gasteiger partial charge in [-0.05, 0) is 118 Å². The van der Waals surface area contributed by atoms with E-state index in [0.29, 0.717) is 29.9 Å². The first kappa shape index (κ1) is 27.4. The van der Waals surface area contributed by atoms with E-state index in [9.17, 15) is 14.4 Å². The Morgan fingerprint density at radius 3 is 2.21 bits per heavy atom. The van der Waals surface area contributed by atoms with Gasteiger partial charge in [-0.1, -0.05) is 18.2 Å². The molecule has 5 aliphatic rings. The zero-order chi connectivity index (χ0) is 28.8. The molecule has 4 heterocycles. The number of hydrogen-bond donors (Lipinski definition) is 2. The third kappa shape index (κ3) is 5.19. The number of likely N-dealkylation sites (tertiary alicyclic amines) is 1. The molecule has 1 unspecified atom stereocenters. The Bertz CT molecular complexity index is 1350. The number of imide groups is 1. The molecule has 2 aromatic rings. The van der Waals surface area contributed by atoms with E-state index < -0.39 is 6.04 Å². The average Bonchev–Trinajstić information content (AvgIpc) is 3.34. The molecule has 3 saturated heterocycles. The van der Waals surface area contributed by atoms with E-state index in [-0.39, 0.29) is 24.1 Å². The number of anilines is 2. The van der Waals surface area contributed by atoms with E-state index in [0.717, 1.165) is 36.1 Å². The number of nitrogen functional groups attached to an aromatic ring is 1. The summed E-state index contributed by atoms with van der Waals surface area (Å²) in [6.45, 7) is 4.91. The van der Waals surface area contributed by atoms with Crippen LogP contribution in [-0.4, -0.2) is 65.8 Å². The van der Waals surface area contributed by atoms with Crippen molar-refractivity contribution < 1.29 is 14.4 Å². The number of carbonyl (C=O) groups excluding carboxylic acids is 3. The fourth-order valence-corrected chi connectivity index (χ4v) is 8.42. The summed E-state index contributed by atoms with van der Waals surface area (Å²) < 4.78 is 0. The number of nitrogens with one attached hydrogen (secondary N) is 1. The molecule has 8 nitrogen and oxygen atoms in total. The van der Waals surface area contributed by atoms with Crippen molar-refractivity contribution in [3.05, 3.63) is 59.2 Å². The summed E-state index contributed by atoms with van der Waals surface area (Å²) in [7, 11) is 0. The maximum atomic E-state index is 13.3. The molecular weight excluding hydrogens is 526 g/mol. The maximum Gasteiger partial charge on any atom is 0.255 e. The summed E-state index contributed by atoms with van der Waals surface area (Å²) in [4.78, 5) is 44.1. The van der Waals surface area contributed by atoms with Gasteiger partial charge in [0, 0.05) is 49.0 Å². The molecule has 8 heteroatoms. The van der Waals surface area contributed by atoms with Gasteiger partial charge in [0.2, 0.25) is 11.8 Å². The zero-order valence-electron chi connectivity index (χ0n) is 24.5. The second-order valence-corrected chi connectivity index (χ2v) is 13.4. The van der Waals surface area contributed by atoms with Crippen LogP contribution in [0, 0.1) is 5.41 Å². The van der Waals surface area contributed by atoms with Gasteiger partial charge in [0.15, 0.2) is 0 Å². The minimum atomic E-state index is -0.564. The molecule has 2 aromatic carbocycles. The highest BCUT2D eigenvalue weighted by atomic mass is 16.2. The van der Waals surface area contributed by atoms with Crippen molar-refractivity contribution in [1.82, 2.24) is 15.1 Å². The van der Waals surface area contributed by atoms with Gasteiger partial charge in [-0.3, -0.25) is 19.7 Å². The molecule has 3 amide bonds. The van der Waals surface area contributed by atoms with Gasteiger partial charge in [0.05, 0.1) is 0 Å². The molecule has 1 spiro atoms. The van der Waals surface area contributed by atoms with Gasteiger partial charge in [-0.15, -0.1) is 0 Å². The van der Waals surface area contributed by atoms with Crippen molar-refractivity contribution in [2.45, 2.75) is 88.8 Å². The SMILES string of the molecule is Nc1ccc(C2CCN(C3CCC4(CC3)CCN(c3ccc5c(c3)C(=O)N(C3CCC(=O)NC3=O)C5)CC4)CC2)cc1. The Balaban J connectivity index is 0.910. The monoisotopic (exact) mass is 569 g/mol. The normalized spacial score (nSPS) is 25.6. The smallest absolute Gasteiger partial charge is 0.255 e. The average molecular weight is 570 g/mol. The van der Waals surface area contributed by atoms with Gasteiger partial charge < -0.3 is 20.4 Å². The van der Waals surface area contributed by atoms with E-state index in [1.165, 1.54) is 70.0 Å². The molecule has 4 fully saturated rings. The first-order chi connectivity index (χ1) is 20.4. The molecule has 0 bridgehead atoms. The molecule has 7 rings (SSSR count). The molecule has 0 aromatic heterocycles. The standard InChI is InChI=1S/C34H43N5O3/c35-26-4-1-23(2-5-26)24-11-17-37(18-12-24)27-9-13-34(14-10-27)15-19-38(20-16-34)28-6-3-25-22-39(33(42)29(25)21-28)30-7-8-31(40)36-32(30)41/h1-6,21,24,27,30H,7-20,22,35H2,(H,36,40,41). The van der Waals surface area contributed by atoms with Crippen LogP contribution in [-0.2, 0) is 16.1 Å². The number of fused-ring (bicyclic) bond motifs is 1. The Morgan fingerprint density at radius 1 is 0.810 bits per heavy atom. The highest BCUT2D eigenvalue weighted by Gasteiger charge is 2.42. The third-order valence-electron chi connectivity index (χ3n) is 11.2. The molecule has 222 valence electrons. The first-order valence-corrected chi connectivity index (χ1v) is 16.0. The summed E-state index contributed by atoms with van der Waals surface area (Å²) in [5.74, 6) is -0.0396. The lowest BCUT2D eigenvalue weighted by atomic mass is 9.66. The van der Waals surface area contributed by atoms with Crippen LogP contribution in [0.3, 0.4) is 0 Å². The van der Waals surface area contributed by atoms with Crippen molar-refractivity contribution in [2.24, 2.45) is 5.41 Å². The maximum absolute atomic E-state index is 13.3. The summed E-state index contributed by atoms with van der Waals surface area (Å²) in [5, 5.41) is 2.39. The van der Waals surface area contributed by atoms with E-state index in [2.05, 4.69) is 39.4 Å². The lowest BCUT2D eigenvalue weighted by Crippen LogP contribution is -2.52. The van der Waals surface area contributed by atoms with Crippen LogP contribution in [0.1, 0.15) is 91.6 Å². The van der Waals surface area contributed by atoms with Crippen LogP contribution in [0.25, 0.3) is 0 Å². The molecule has 0 radical (unpaired) electrons. The fourth-order valence-electron chi connectivity index (χ4n) is 8.42. The van der Waals surface area contributed by atoms with Gasteiger partial charge in [0.1, 0.15) is 6.04 Å². The molecular formula is C34H43N5O3. The summed E-state index contributed by atoms with van der Waals surface area (Å²) in [6, 6.07) is 14.9. The van der Waals surface area contributed by atoms with Crippen LogP contribution in [0.2, 0.25) is 0 Å². The van der Waals surface area contributed by atoms with Crippen LogP contribution in [0.5, 0.6) is 0 Å². The molecule has 1 saturated carbocycles. The second kappa shape index (κ2) is 11.0. The number of carbonyl (C=O) groups is 3. The molecule has 42 heavy (non-hydrogen) atoms. The molecule has 1 aliphatic carbocycles. The minimum Gasteiger partial charge on any atom is -0.399 e. The molecule has 3 N–H and O–H groups in total. The summed E-state index contributed by atoms with van der Waals surface area (Å²) in [6.07, 6.45) is 10.9. The molecule has 1 atom stereocenters. The highest BCUT2D eigenvalue weighted by molar-refractivity contribution is 6.05. The number of benzene rings is 2. The quantitative estimate of drug-likeness (QED) is 0.417. The Morgan fingerprint density at radius 2 is 1.52 bits per heavy atom. The van der Waals surface area contributed by atoms with Gasteiger partial charge >= 0.3 is 0 Å². The van der Waals surface area contributed by atoms with Crippen molar-refractivity contribution in [2.75, 3.05) is 36.8 Å². The highest BCUT2D eigenvalue weighted by Crippen LogP contribution is 2.47. The number of hydrogen-bond acceptors (Lipinski definition) is 6. The lowest BCUT2D eigenvalue weighted by molar-refractivity contribution is -0.136. The molecule has 4 aliphatic heterocycles. The predicted molar refractivity (Wildman–Crippen MR) is 163 cm³/mol. The number of nitrogens with zero attached hydrogens (tertiary/aromatic N) is 3. The van der Waals surface area contributed by atoms with Gasteiger partial charge in [0.25, 0.3) is 5.91 Å². The van der Waals surface area contributed by atoms with E-state index in [1.807, 2.05) is 18.2 Å². The van der Waals surface area contributed by atoms with Crippen LogP contribution in [0.4, 0.5) is 11.4 Å². The Kier molecular flexibility index (Phi) is 7.21. The summed E-state index contributed by atoms with van der Waals surface area (Å²) >= 11 is 0. The Hall–Kier alpha value is -3.39. The number of amides is 3.